The molecule has 4 aromatic carbocycles. The molecule has 0 unspecified atom stereocenters. The minimum atomic E-state index is -0.265. The van der Waals surface area contributed by atoms with E-state index in [-0.39, 0.29) is 33.8 Å². The van der Waals surface area contributed by atoms with Crippen molar-refractivity contribution in [2.24, 2.45) is 0 Å². The van der Waals surface area contributed by atoms with Crippen LogP contribution >= 0.6 is 0 Å². The first-order valence-corrected chi connectivity index (χ1v) is 13.6. The maximum atomic E-state index is 9.90. The quantitative estimate of drug-likeness (QED) is 0.221. The zero-order valence-corrected chi connectivity index (χ0v) is 22.9. The van der Waals surface area contributed by atoms with Crippen LogP contribution in [0.25, 0.3) is 0 Å². The van der Waals surface area contributed by atoms with E-state index in [0.717, 1.165) is 47.9 Å². The van der Waals surface area contributed by atoms with Crippen molar-refractivity contribution < 1.29 is 20.4 Å². The Morgan fingerprint density at radius 2 is 0.500 bits per heavy atom. The lowest BCUT2D eigenvalue weighted by Gasteiger charge is -2.48. The fourth-order valence-electron chi connectivity index (χ4n) is 5.71. The van der Waals surface area contributed by atoms with Crippen molar-refractivity contribution >= 4 is 0 Å². The van der Waals surface area contributed by atoms with Gasteiger partial charge in [-0.25, -0.2) is 0 Å². The molecule has 200 valence electrons. The molecule has 0 amide bonds. The van der Waals surface area contributed by atoms with E-state index < -0.39 is 0 Å². The number of phenols is 4. The molecule has 4 aromatic rings. The lowest BCUT2D eigenvalue weighted by molar-refractivity contribution is 0.256. The Bertz CT molecular complexity index is 1050. The number of rotatable bonds is 4. The Balaban J connectivity index is 0.000000956. The van der Waals surface area contributed by atoms with Gasteiger partial charge < -0.3 is 20.4 Å². The standard InChI is InChI=1S/C30H28O4.2C2H6/c31-25-9-1-21(2-10-25)29(22-3-11-26(32)12-4-22)17-19-30(20-18-29,23-5-13-27(33)14-6-23)24-7-15-28(34)16-8-24;2*1-2/h1-16,31-34H,17-20H2;2*1-2H3. The number of hydrogen-bond donors (Lipinski definition) is 4. The Morgan fingerprint density at radius 3 is 0.658 bits per heavy atom. The van der Waals surface area contributed by atoms with Gasteiger partial charge >= 0.3 is 0 Å². The van der Waals surface area contributed by atoms with Gasteiger partial charge in [0.25, 0.3) is 0 Å². The molecule has 0 heterocycles. The third-order valence-corrected chi connectivity index (χ3v) is 7.64. The van der Waals surface area contributed by atoms with E-state index in [2.05, 4.69) is 0 Å². The summed E-state index contributed by atoms with van der Waals surface area (Å²) < 4.78 is 0. The highest BCUT2D eigenvalue weighted by Crippen LogP contribution is 2.54. The second-order valence-electron chi connectivity index (χ2n) is 9.35. The van der Waals surface area contributed by atoms with E-state index in [1.165, 1.54) is 0 Å². The van der Waals surface area contributed by atoms with E-state index in [9.17, 15) is 20.4 Å². The van der Waals surface area contributed by atoms with Gasteiger partial charge in [-0.05, 0) is 96.5 Å². The number of aromatic hydroxyl groups is 4. The summed E-state index contributed by atoms with van der Waals surface area (Å²) in [5.41, 5.74) is 4.03. The van der Waals surface area contributed by atoms with E-state index in [1.807, 2.05) is 76.2 Å². The molecule has 1 saturated carbocycles. The van der Waals surface area contributed by atoms with E-state index in [4.69, 9.17) is 0 Å². The molecule has 4 nitrogen and oxygen atoms in total. The lowest BCUT2D eigenvalue weighted by atomic mass is 9.55. The summed E-state index contributed by atoms with van der Waals surface area (Å²) in [7, 11) is 0. The van der Waals surface area contributed by atoms with Crippen LogP contribution in [-0.2, 0) is 10.8 Å². The van der Waals surface area contributed by atoms with Crippen LogP contribution in [0.3, 0.4) is 0 Å². The predicted molar refractivity (Wildman–Crippen MR) is 155 cm³/mol. The van der Waals surface area contributed by atoms with E-state index in [0.29, 0.717) is 0 Å². The molecule has 4 N–H and O–H groups in total. The van der Waals surface area contributed by atoms with Gasteiger partial charge in [0.1, 0.15) is 23.0 Å². The first-order chi connectivity index (χ1) is 18.4. The number of benzene rings is 4. The molecule has 1 aliphatic rings. The molecule has 0 aliphatic heterocycles. The van der Waals surface area contributed by atoms with Crippen molar-refractivity contribution in [1.82, 2.24) is 0 Å². The zero-order valence-electron chi connectivity index (χ0n) is 22.9. The average molecular weight is 513 g/mol. The van der Waals surface area contributed by atoms with Crippen LogP contribution in [0.15, 0.2) is 97.1 Å². The van der Waals surface area contributed by atoms with Gasteiger partial charge in [-0.15, -0.1) is 0 Å². The van der Waals surface area contributed by atoms with E-state index >= 15 is 0 Å². The van der Waals surface area contributed by atoms with E-state index in [1.54, 1.807) is 48.5 Å². The molecule has 1 fully saturated rings. The summed E-state index contributed by atoms with van der Waals surface area (Å²) >= 11 is 0. The molecule has 38 heavy (non-hydrogen) atoms. The Morgan fingerprint density at radius 1 is 0.342 bits per heavy atom. The van der Waals surface area contributed by atoms with Crippen molar-refractivity contribution in [2.45, 2.75) is 64.2 Å². The maximum absolute atomic E-state index is 9.90. The van der Waals surface area contributed by atoms with Crippen LogP contribution in [0.1, 0.15) is 75.6 Å². The molecule has 0 spiro atoms. The highest BCUT2D eigenvalue weighted by atomic mass is 16.3. The Labute approximate surface area is 226 Å². The van der Waals surface area contributed by atoms with Crippen LogP contribution in [0.4, 0.5) is 0 Å². The molecule has 0 atom stereocenters. The highest BCUT2D eigenvalue weighted by molar-refractivity contribution is 5.48. The average Bonchev–Trinajstić information content (AvgIpc) is 2.97. The van der Waals surface area contributed by atoms with Crippen molar-refractivity contribution in [3.05, 3.63) is 119 Å². The summed E-state index contributed by atoms with van der Waals surface area (Å²) in [6, 6.07) is 29.9. The molecule has 5 rings (SSSR count). The largest absolute Gasteiger partial charge is 0.508 e. The second-order valence-corrected chi connectivity index (χ2v) is 9.35. The topological polar surface area (TPSA) is 80.9 Å². The Kier molecular flexibility index (Phi) is 9.46. The number of phenolic OH excluding ortho intramolecular Hbond substituents is 4. The van der Waals surface area contributed by atoms with Crippen LogP contribution in [0, 0.1) is 0 Å². The monoisotopic (exact) mass is 512 g/mol. The molecule has 0 radical (unpaired) electrons. The minimum absolute atomic E-state index is 0.239. The smallest absolute Gasteiger partial charge is 0.115 e. The van der Waals surface area contributed by atoms with Crippen LogP contribution in [0.5, 0.6) is 23.0 Å². The van der Waals surface area contributed by atoms with Gasteiger partial charge in [0, 0.05) is 10.8 Å². The summed E-state index contributed by atoms with van der Waals surface area (Å²) in [5.74, 6) is 0.955. The van der Waals surface area contributed by atoms with Crippen LogP contribution in [0.2, 0.25) is 0 Å². The zero-order chi connectivity index (χ0) is 27.8. The Hall–Kier alpha value is -3.92. The summed E-state index contributed by atoms with van der Waals surface area (Å²) in [6.07, 6.45) is 3.41. The molecule has 4 heteroatoms. The fourth-order valence-corrected chi connectivity index (χ4v) is 5.71. The van der Waals surface area contributed by atoms with Gasteiger partial charge in [0.2, 0.25) is 0 Å². The fraction of sp³-hybridized carbons (Fsp3) is 0.294. The minimum Gasteiger partial charge on any atom is -0.508 e. The molecular weight excluding hydrogens is 472 g/mol. The van der Waals surface area contributed by atoms with Crippen molar-refractivity contribution in [3.8, 4) is 23.0 Å². The first kappa shape index (κ1) is 28.6. The summed E-state index contributed by atoms with van der Waals surface area (Å²) in [6.45, 7) is 8.00. The maximum Gasteiger partial charge on any atom is 0.115 e. The third kappa shape index (κ3) is 5.65. The van der Waals surface area contributed by atoms with Gasteiger partial charge in [-0.1, -0.05) is 76.2 Å². The molecule has 1 aliphatic carbocycles. The normalized spacial score (nSPS) is 15.3. The number of hydrogen-bond acceptors (Lipinski definition) is 4. The van der Waals surface area contributed by atoms with Gasteiger partial charge in [0.05, 0.1) is 0 Å². The second kappa shape index (κ2) is 12.6. The first-order valence-electron chi connectivity index (χ1n) is 13.6. The van der Waals surface area contributed by atoms with Gasteiger partial charge in [-0.2, -0.15) is 0 Å². The summed E-state index contributed by atoms with van der Waals surface area (Å²) in [5, 5.41) is 39.6. The van der Waals surface area contributed by atoms with Gasteiger partial charge in [0.15, 0.2) is 0 Å². The van der Waals surface area contributed by atoms with Gasteiger partial charge in [-0.3, -0.25) is 0 Å². The molecule has 0 saturated heterocycles. The van der Waals surface area contributed by atoms with Crippen molar-refractivity contribution in [2.75, 3.05) is 0 Å². The molecular formula is C34H40O4. The lowest BCUT2D eigenvalue weighted by Crippen LogP contribution is -2.41. The van der Waals surface area contributed by atoms with Crippen molar-refractivity contribution in [1.29, 1.82) is 0 Å². The highest BCUT2D eigenvalue weighted by Gasteiger charge is 2.46. The summed E-state index contributed by atoms with van der Waals surface area (Å²) in [4.78, 5) is 0. The third-order valence-electron chi connectivity index (χ3n) is 7.64. The molecule has 0 bridgehead atoms. The SMILES string of the molecule is CC.CC.Oc1ccc(C2(c3ccc(O)cc3)CCC(c3ccc(O)cc3)(c3ccc(O)cc3)CC2)cc1. The molecule has 0 aromatic heterocycles. The van der Waals surface area contributed by atoms with Crippen LogP contribution in [-0.4, -0.2) is 20.4 Å². The van der Waals surface area contributed by atoms with Crippen molar-refractivity contribution in [3.63, 3.8) is 0 Å². The predicted octanol–water partition coefficient (Wildman–Crippen LogP) is 8.41. The van der Waals surface area contributed by atoms with Crippen LogP contribution < -0.4 is 0 Å².